The molecule has 0 aromatic carbocycles. The zero-order chi connectivity index (χ0) is 31.9. The number of aliphatic carboxylic acids is 2. The first-order valence-electron chi connectivity index (χ1n) is 17.2. The number of carbonyl (C=O) groups excluding carboxylic acids is 2. The number of carboxylic acid groups (broad SMARTS) is 2. The number of hydrogen-bond acceptors (Lipinski definition) is 6. The van der Waals surface area contributed by atoms with Crippen LogP contribution in [0.25, 0.3) is 0 Å². The van der Waals surface area contributed by atoms with Gasteiger partial charge in [-0.1, -0.05) is 169 Å². The minimum atomic E-state index is -5.19. The summed E-state index contributed by atoms with van der Waals surface area (Å²) in [6.07, 6.45) is 22.6. The van der Waals surface area contributed by atoms with E-state index >= 15 is 0 Å². The van der Waals surface area contributed by atoms with E-state index in [1.807, 2.05) is 0 Å². The Morgan fingerprint density at radius 3 is 1.00 bits per heavy atom. The Morgan fingerprint density at radius 2 is 0.795 bits per heavy atom. The summed E-state index contributed by atoms with van der Waals surface area (Å²) in [5, 5.41) is 21.6. The van der Waals surface area contributed by atoms with Crippen LogP contribution in [-0.2, 0) is 19.7 Å². The van der Waals surface area contributed by atoms with Crippen molar-refractivity contribution in [2.24, 2.45) is 17.3 Å². The predicted octanol–water partition coefficient (Wildman–Crippen LogP) is 1.41. The average molecular weight is 663 g/mol. The van der Waals surface area contributed by atoms with Crippen molar-refractivity contribution in [1.29, 1.82) is 0 Å². The molecule has 0 aliphatic heterocycles. The van der Waals surface area contributed by atoms with E-state index in [0.29, 0.717) is 25.7 Å². The fraction of sp³-hybridized carbons (Fsp3) is 0.941. The molecule has 10 heteroatoms. The average Bonchev–Trinajstić information content (AvgIpc) is 2.88. The maximum atomic E-state index is 12.3. The maximum Gasteiger partial charge on any atom is 1.00 e. The molecule has 7 nitrogen and oxygen atoms in total. The molecule has 0 bridgehead atoms. The summed E-state index contributed by atoms with van der Waals surface area (Å²) < 4.78 is 33.8. The van der Waals surface area contributed by atoms with Gasteiger partial charge in [0.15, 0.2) is 0 Å². The van der Waals surface area contributed by atoms with Crippen LogP contribution in [0.1, 0.15) is 182 Å². The minimum absolute atomic E-state index is 0. The molecule has 1 atom stereocenters. The molecule has 0 heterocycles. The molecular weight excluding hydrogens is 598 g/mol. The van der Waals surface area contributed by atoms with Crippen molar-refractivity contribution in [1.82, 2.24) is 0 Å². The first-order chi connectivity index (χ1) is 19.8. The summed E-state index contributed by atoms with van der Waals surface area (Å²) in [6, 6.07) is 0. The van der Waals surface area contributed by atoms with Crippen molar-refractivity contribution in [2.75, 3.05) is 0 Å². The van der Waals surface area contributed by atoms with Gasteiger partial charge in [-0.2, -0.15) is 8.42 Å². The van der Waals surface area contributed by atoms with Gasteiger partial charge in [-0.05, 0) is 24.7 Å². The number of hydrogen-bond donors (Lipinski definition) is 1. The third kappa shape index (κ3) is 24.9. The molecule has 1 unspecified atom stereocenters. The minimum Gasteiger partial charge on any atom is -0.549 e. The van der Waals surface area contributed by atoms with E-state index in [2.05, 4.69) is 27.7 Å². The molecule has 0 amide bonds. The van der Waals surface area contributed by atoms with Crippen LogP contribution in [0.3, 0.4) is 0 Å². The van der Waals surface area contributed by atoms with Crippen molar-refractivity contribution in [2.45, 2.75) is 187 Å². The third-order valence-electron chi connectivity index (χ3n) is 8.73. The third-order valence-corrected chi connectivity index (χ3v) is 9.97. The standard InChI is InChI=1S/C34H66O7S.2Na/c1-29(2)25-21-17-13-9-5-7-11-15-19-23-27-34(33(37)38,31(32(35)36)42(39,40)41)28-24-20-16-12-8-6-10-14-18-22-26-30(3)4;;/h29-31H,5-28H2,1-4H3,(H,35,36)(H,37,38)(H,39,40,41);;/q;2*+1/p-2. The van der Waals surface area contributed by atoms with Crippen molar-refractivity contribution in [3.8, 4) is 0 Å². The van der Waals surface area contributed by atoms with Crippen molar-refractivity contribution in [3.05, 3.63) is 0 Å². The quantitative estimate of drug-likeness (QED) is 0.0699. The van der Waals surface area contributed by atoms with Crippen molar-refractivity contribution < 1.29 is 91.9 Å². The van der Waals surface area contributed by atoms with Gasteiger partial charge < -0.3 is 19.8 Å². The molecule has 0 radical (unpaired) electrons. The Morgan fingerprint density at radius 1 is 0.545 bits per heavy atom. The number of carbonyl (C=O) groups is 2. The molecule has 0 rings (SSSR count). The van der Waals surface area contributed by atoms with E-state index < -0.39 is 32.7 Å². The van der Waals surface area contributed by atoms with Crippen LogP contribution in [0.5, 0.6) is 0 Å². The zero-order valence-electron chi connectivity index (χ0n) is 29.5. The van der Waals surface area contributed by atoms with Crippen LogP contribution < -0.4 is 69.3 Å². The fourth-order valence-corrected chi connectivity index (χ4v) is 7.29. The van der Waals surface area contributed by atoms with Gasteiger partial charge in [0, 0.05) is 11.4 Å². The molecule has 0 aliphatic carbocycles. The first-order valence-corrected chi connectivity index (χ1v) is 18.7. The van der Waals surface area contributed by atoms with Crippen molar-refractivity contribution >= 4 is 22.1 Å². The smallest absolute Gasteiger partial charge is 0.549 e. The fourth-order valence-electron chi connectivity index (χ4n) is 6.15. The van der Waals surface area contributed by atoms with Crippen LogP contribution in [-0.4, -0.2) is 30.2 Å². The van der Waals surface area contributed by atoms with Crippen LogP contribution in [0.15, 0.2) is 0 Å². The van der Waals surface area contributed by atoms with Crippen molar-refractivity contribution in [3.63, 3.8) is 0 Å². The summed E-state index contributed by atoms with van der Waals surface area (Å²) in [5.74, 6) is -2.30. The maximum absolute atomic E-state index is 12.3. The van der Waals surface area contributed by atoms with Gasteiger partial charge >= 0.3 is 59.1 Å². The number of carboxylic acids is 2. The SMILES string of the molecule is CC(C)CCCCCCCCCCCCC(CCCCCCCCCCCCC(C)C)(C(=O)[O-])C(C(=O)[O-])S(=O)(=O)O.[Na+].[Na+]. The summed E-state index contributed by atoms with van der Waals surface area (Å²) in [6.45, 7) is 8.99. The Labute approximate surface area is 315 Å². The Hall–Kier alpha value is 0.850. The molecule has 0 aromatic heterocycles. The Kier molecular flexibility index (Phi) is 33.5. The van der Waals surface area contributed by atoms with E-state index in [9.17, 15) is 32.8 Å². The molecule has 1 N–H and O–H groups in total. The van der Waals surface area contributed by atoms with Gasteiger partial charge in [-0.25, -0.2) is 0 Å². The Balaban J connectivity index is -0.00000840. The van der Waals surface area contributed by atoms with Crippen LogP contribution in [0.2, 0.25) is 0 Å². The van der Waals surface area contributed by atoms with Crippen LogP contribution in [0, 0.1) is 17.3 Å². The van der Waals surface area contributed by atoms with E-state index in [1.54, 1.807) is 0 Å². The van der Waals surface area contributed by atoms with Gasteiger partial charge in [-0.15, -0.1) is 0 Å². The van der Waals surface area contributed by atoms with Gasteiger partial charge in [0.25, 0.3) is 10.1 Å². The molecule has 0 fully saturated rings. The van der Waals surface area contributed by atoms with Gasteiger partial charge in [0.1, 0.15) is 5.25 Å². The van der Waals surface area contributed by atoms with E-state index in [1.165, 1.54) is 77.0 Å². The second-order valence-corrected chi connectivity index (χ2v) is 15.1. The number of unbranched alkanes of at least 4 members (excludes halogenated alkanes) is 18. The molecule has 0 aromatic rings. The van der Waals surface area contributed by atoms with Gasteiger partial charge in [0.05, 0.1) is 5.97 Å². The molecule has 0 aliphatic rings. The molecule has 0 saturated carbocycles. The molecule has 250 valence electrons. The molecule has 0 saturated heterocycles. The molecule has 0 spiro atoms. The summed E-state index contributed by atoms with van der Waals surface area (Å²) in [5.41, 5.74) is -2.20. The number of rotatable bonds is 30. The molecular formula is C34H64Na2O7S. The monoisotopic (exact) mass is 662 g/mol. The largest absolute Gasteiger partial charge is 1.00 e. The van der Waals surface area contributed by atoms with E-state index in [-0.39, 0.29) is 72.0 Å². The topological polar surface area (TPSA) is 135 Å². The van der Waals surface area contributed by atoms with Gasteiger partial charge in [-0.3, -0.25) is 4.55 Å². The zero-order valence-corrected chi connectivity index (χ0v) is 34.3. The normalized spacial score (nSPS) is 12.6. The first kappa shape index (κ1) is 49.2. The van der Waals surface area contributed by atoms with E-state index in [0.717, 1.165) is 50.4 Å². The van der Waals surface area contributed by atoms with E-state index in [4.69, 9.17) is 0 Å². The second kappa shape index (κ2) is 29.9. The summed E-state index contributed by atoms with van der Waals surface area (Å²) >= 11 is 0. The van der Waals surface area contributed by atoms with Crippen LogP contribution in [0.4, 0.5) is 0 Å². The van der Waals surface area contributed by atoms with Crippen LogP contribution >= 0.6 is 0 Å². The predicted molar refractivity (Wildman–Crippen MR) is 168 cm³/mol. The summed E-state index contributed by atoms with van der Waals surface area (Å²) in [7, 11) is -5.19. The molecule has 44 heavy (non-hydrogen) atoms. The second-order valence-electron chi connectivity index (χ2n) is 13.6. The van der Waals surface area contributed by atoms with Gasteiger partial charge in [0.2, 0.25) is 0 Å². The summed E-state index contributed by atoms with van der Waals surface area (Å²) in [4.78, 5) is 24.2. The Bertz CT molecular complexity index is 771.